The predicted molar refractivity (Wildman–Crippen MR) is 64.9 cm³/mol. The van der Waals surface area contributed by atoms with Crippen molar-refractivity contribution in [2.75, 3.05) is 32.1 Å². The fourth-order valence-corrected chi connectivity index (χ4v) is 1.60. The van der Waals surface area contributed by atoms with Gasteiger partial charge in [0, 0.05) is 13.6 Å². The van der Waals surface area contributed by atoms with E-state index in [1.807, 2.05) is 7.05 Å². The van der Waals surface area contributed by atoms with E-state index in [0.717, 1.165) is 13.0 Å². The van der Waals surface area contributed by atoms with Crippen LogP contribution >= 0.6 is 0 Å². The first kappa shape index (κ1) is 14.6. The molecule has 0 saturated heterocycles. The van der Waals surface area contributed by atoms with Gasteiger partial charge in [0.2, 0.25) is 0 Å². The summed E-state index contributed by atoms with van der Waals surface area (Å²) in [6.07, 6.45) is -3.82. The van der Waals surface area contributed by atoms with Crippen LogP contribution in [0.25, 0.3) is 0 Å². The number of nitrogens with zero attached hydrogens (tertiary/aromatic N) is 1. The van der Waals surface area contributed by atoms with Crippen LogP contribution in [0.1, 0.15) is 6.42 Å². The van der Waals surface area contributed by atoms with Crippen LogP contribution in [0.3, 0.4) is 0 Å². The Kier molecular flexibility index (Phi) is 5.27. The van der Waals surface area contributed by atoms with Crippen LogP contribution < -0.4 is 15.0 Å². The monoisotopic (exact) mass is 262 g/mol. The highest BCUT2D eigenvalue weighted by Crippen LogP contribution is 2.31. The van der Waals surface area contributed by atoms with E-state index >= 15 is 0 Å². The summed E-state index contributed by atoms with van der Waals surface area (Å²) in [7, 11) is 3.58. The number of hydrogen-bond donors (Lipinski definition) is 1. The smallest absolute Gasteiger partial charge is 0.404 e. The Morgan fingerprint density at radius 1 is 1.28 bits per heavy atom. The van der Waals surface area contributed by atoms with E-state index in [2.05, 4.69) is 10.1 Å². The van der Waals surface area contributed by atoms with Gasteiger partial charge in [-0.1, -0.05) is 12.1 Å². The first-order valence-corrected chi connectivity index (χ1v) is 5.64. The molecule has 1 aromatic rings. The summed E-state index contributed by atoms with van der Waals surface area (Å²) in [6, 6.07) is 6.14. The normalized spacial score (nSPS) is 11.4. The summed E-state index contributed by atoms with van der Waals surface area (Å²) in [5.41, 5.74) is 0.436. The molecule has 0 atom stereocenters. The van der Waals surface area contributed by atoms with Gasteiger partial charge in [-0.25, -0.2) is 0 Å². The van der Waals surface area contributed by atoms with Crippen LogP contribution in [-0.4, -0.2) is 33.5 Å². The molecule has 0 aromatic heterocycles. The lowest BCUT2D eigenvalue weighted by atomic mass is 10.2. The summed E-state index contributed by atoms with van der Waals surface area (Å²) >= 11 is 0. The molecule has 0 amide bonds. The van der Waals surface area contributed by atoms with Crippen molar-refractivity contribution in [2.24, 2.45) is 0 Å². The van der Waals surface area contributed by atoms with Gasteiger partial charge in [-0.2, -0.15) is 0 Å². The third kappa shape index (κ3) is 4.83. The maximum Gasteiger partial charge on any atom is 0.573 e. The number of nitrogens with one attached hydrogen (secondary N) is 1. The average molecular weight is 262 g/mol. The molecule has 0 fully saturated rings. The number of anilines is 1. The average Bonchev–Trinajstić information content (AvgIpc) is 2.27. The second kappa shape index (κ2) is 6.49. The van der Waals surface area contributed by atoms with Gasteiger partial charge in [-0.05, 0) is 32.1 Å². The molecule has 18 heavy (non-hydrogen) atoms. The predicted octanol–water partition coefficient (Wildman–Crippen LogP) is 2.63. The van der Waals surface area contributed by atoms with E-state index in [9.17, 15) is 13.2 Å². The second-order valence-corrected chi connectivity index (χ2v) is 3.89. The molecular formula is C12H17F3N2O. The molecule has 0 unspecified atom stereocenters. The van der Waals surface area contributed by atoms with Crippen LogP contribution in [0.15, 0.2) is 24.3 Å². The van der Waals surface area contributed by atoms with E-state index < -0.39 is 6.36 Å². The lowest BCUT2D eigenvalue weighted by Gasteiger charge is -2.22. The first-order chi connectivity index (χ1) is 8.44. The zero-order chi connectivity index (χ0) is 13.6. The second-order valence-electron chi connectivity index (χ2n) is 3.89. The molecule has 3 nitrogen and oxygen atoms in total. The Morgan fingerprint density at radius 3 is 2.56 bits per heavy atom. The highest BCUT2D eigenvalue weighted by atomic mass is 19.4. The number of para-hydroxylation sites is 2. The summed E-state index contributed by atoms with van der Waals surface area (Å²) in [5.74, 6) is -0.169. The Balaban J connectivity index is 2.74. The molecule has 1 rings (SSSR count). The summed E-state index contributed by atoms with van der Waals surface area (Å²) in [4.78, 5) is 1.75. The number of benzene rings is 1. The molecule has 0 aliphatic rings. The minimum atomic E-state index is -4.66. The lowest BCUT2D eigenvalue weighted by Crippen LogP contribution is -2.24. The number of halogens is 3. The quantitative estimate of drug-likeness (QED) is 0.798. The van der Waals surface area contributed by atoms with E-state index in [0.29, 0.717) is 12.2 Å². The molecule has 0 aliphatic carbocycles. The summed E-state index contributed by atoms with van der Waals surface area (Å²) in [6.45, 7) is 1.46. The van der Waals surface area contributed by atoms with Gasteiger partial charge in [0.1, 0.15) is 0 Å². The Bertz CT molecular complexity index is 369. The number of hydrogen-bond acceptors (Lipinski definition) is 3. The molecular weight excluding hydrogens is 245 g/mol. The number of alkyl halides is 3. The molecule has 102 valence electrons. The van der Waals surface area contributed by atoms with Gasteiger partial charge in [0.05, 0.1) is 5.69 Å². The van der Waals surface area contributed by atoms with Crippen molar-refractivity contribution < 1.29 is 17.9 Å². The first-order valence-electron chi connectivity index (χ1n) is 5.64. The largest absolute Gasteiger partial charge is 0.573 e. The molecule has 0 saturated carbocycles. The maximum absolute atomic E-state index is 12.2. The van der Waals surface area contributed by atoms with Crippen molar-refractivity contribution in [1.29, 1.82) is 0 Å². The maximum atomic E-state index is 12.2. The molecule has 1 aromatic carbocycles. The van der Waals surface area contributed by atoms with Crippen molar-refractivity contribution >= 4 is 5.69 Å². The third-order valence-corrected chi connectivity index (χ3v) is 2.42. The van der Waals surface area contributed by atoms with Gasteiger partial charge >= 0.3 is 6.36 Å². The topological polar surface area (TPSA) is 24.5 Å². The molecule has 0 bridgehead atoms. The van der Waals surface area contributed by atoms with Crippen molar-refractivity contribution in [3.05, 3.63) is 24.3 Å². The zero-order valence-electron chi connectivity index (χ0n) is 10.4. The van der Waals surface area contributed by atoms with Crippen LogP contribution in [0.4, 0.5) is 18.9 Å². The van der Waals surface area contributed by atoms with Crippen molar-refractivity contribution in [3.63, 3.8) is 0 Å². The summed E-state index contributed by atoms with van der Waals surface area (Å²) in [5, 5.41) is 2.99. The lowest BCUT2D eigenvalue weighted by molar-refractivity contribution is -0.274. The van der Waals surface area contributed by atoms with Gasteiger partial charge in [0.25, 0.3) is 0 Å². The van der Waals surface area contributed by atoms with Gasteiger partial charge in [-0.3, -0.25) is 0 Å². The number of rotatable bonds is 6. The van der Waals surface area contributed by atoms with Crippen molar-refractivity contribution in [3.8, 4) is 5.75 Å². The molecule has 6 heteroatoms. The Morgan fingerprint density at radius 2 is 1.94 bits per heavy atom. The van der Waals surface area contributed by atoms with E-state index in [1.54, 1.807) is 24.1 Å². The van der Waals surface area contributed by atoms with Crippen LogP contribution in [0.5, 0.6) is 5.75 Å². The van der Waals surface area contributed by atoms with E-state index in [4.69, 9.17) is 0 Å². The van der Waals surface area contributed by atoms with Crippen LogP contribution in [-0.2, 0) is 0 Å². The third-order valence-electron chi connectivity index (χ3n) is 2.42. The molecule has 0 radical (unpaired) electrons. The highest BCUT2D eigenvalue weighted by molar-refractivity contribution is 5.57. The SMILES string of the molecule is CNCCCN(C)c1ccccc1OC(F)(F)F. The van der Waals surface area contributed by atoms with E-state index in [1.165, 1.54) is 12.1 Å². The molecule has 0 aliphatic heterocycles. The fourth-order valence-electron chi connectivity index (χ4n) is 1.60. The minimum absolute atomic E-state index is 0.169. The summed E-state index contributed by atoms with van der Waals surface area (Å²) < 4.78 is 40.7. The zero-order valence-corrected chi connectivity index (χ0v) is 10.4. The standard InChI is InChI=1S/C12H17F3N2O/c1-16-8-5-9-17(2)10-6-3-4-7-11(10)18-12(13,14)15/h3-4,6-7,16H,5,8-9H2,1-2H3. The van der Waals surface area contributed by atoms with Crippen molar-refractivity contribution in [2.45, 2.75) is 12.8 Å². The van der Waals surface area contributed by atoms with Crippen LogP contribution in [0.2, 0.25) is 0 Å². The Hall–Kier alpha value is -1.43. The molecule has 0 spiro atoms. The highest BCUT2D eigenvalue weighted by Gasteiger charge is 2.32. The van der Waals surface area contributed by atoms with Gasteiger partial charge in [-0.15, -0.1) is 13.2 Å². The van der Waals surface area contributed by atoms with Crippen molar-refractivity contribution in [1.82, 2.24) is 5.32 Å². The Labute approximate surface area is 105 Å². The molecule has 1 N–H and O–H groups in total. The van der Waals surface area contributed by atoms with Gasteiger partial charge in [0.15, 0.2) is 5.75 Å². The molecule has 0 heterocycles. The van der Waals surface area contributed by atoms with Crippen LogP contribution in [0, 0.1) is 0 Å². The fraction of sp³-hybridized carbons (Fsp3) is 0.500. The minimum Gasteiger partial charge on any atom is -0.404 e. The van der Waals surface area contributed by atoms with Gasteiger partial charge < -0.3 is 15.0 Å². The van der Waals surface area contributed by atoms with E-state index in [-0.39, 0.29) is 5.75 Å². The number of ether oxygens (including phenoxy) is 1.